The van der Waals surface area contributed by atoms with Gasteiger partial charge in [-0.25, -0.2) is 4.98 Å². The fourth-order valence-electron chi connectivity index (χ4n) is 1.57. The van der Waals surface area contributed by atoms with Gasteiger partial charge in [-0.2, -0.15) is 0 Å². The zero-order valence-corrected chi connectivity index (χ0v) is 10.7. The molecule has 2 rings (SSSR count). The molecule has 0 atom stereocenters. The monoisotopic (exact) mass is 251 g/mol. The second-order valence-corrected chi connectivity index (χ2v) is 4.15. The molecule has 0 aliphatic carbocycles. The average molecular weight is 251 g/mol. The maximum atomic E-state index is 5.29. The fraction of sp³-hybridized carbons (Fsp3) is 0.250. The van der Waals surface area contributed by atoms with Crippen LogP contribution in [0.1, 0.15) is 0 Å². The van der Waals surface area contributed by atoms with E-state index in [1.165, 1.54) is 0 Å². The van der Waals surface area contributed by atoms with E-state index in [0.29, 0.717) is 17.2 Å². The first-order chi connectivity index (χ1) is 8.30. The number of methoxy groups -OCH3 is 3. The van der Waals surface area contributed by atoms with Gasteiger partial charge < -0.3 is 14.2 Å². The third-order valence-electron chi connectivity index (χ3n) is 2.34. The molecule has 1 aromatic heterocycles. The lowest BCUT2D eigenvalue weighted by atomic mass is 10.2. The largest absolute Gasteiger partial charge is 0.493 e. The van der Waals surface area contributed by atoms with Gasteiger partial charge in [0, 0.05) is 17.1 Å². The summed E-state index contributed by atoms with van der Waals surface area (Å²) in [6.45, 7) is 0. The molecule has 0 aliphatic heterocycles. The Morgan fingerprint density at radius 2 is 1.65 bits per heavy atom. The summed E-state index contributed by atoms with van der Waals surface area (Å²) in [5, 5.41) is 2.85. The van der Waals surface area contributed by atoms with Gasteiger partial charge in [-0.15, -0.1) is 11.3 Å². The molecular formula is C12H13NO3S. The fourth-order valence-corrected chi connectivity index (χ4v) is 2.20. The van der Waals surface area contributed by atoms with Crippen LogP contribution in [0.25, 0.3) is 10.6 Å². The van der Waals surface area contributed by atoms with Crippen molar-refractivity contribution in [1.29, 1.82) is 0 Å². The Labute approximate surface area is 104 Å². The molecule has 4 nitrogen and oxygen atoms in total. The van der Waals surface area contributed by atoms with Crippen LogP contribution in [0.2, 0.25) is 0 Å². The molecule has 1 aromatic carbocycles. The van der Waals surface area contributed by atoms with Crippen LogP contribution in [0.5, 0.6) is 17.2 Å². The summed E-state index contributed by atoms with van der Waals surface area (Å²) in [5.41, 5.74) is 0.953. The minimum Gasteiger partial charge on any atom is -0.493 e. The number of benzene rings is 1. The number of hydrogen-bond acceptors (Lipinski definition) is 5. The van der Waals surface area contributed by atoms with E-state index in [1.807, 2.05) is 17.5 Å². The van der Waals surface area contributed by atoms with Gasteiger partial charge in [-0.05, 0) is 12.1 Å². The smallest absolute Gasteiger partial charge is 0.203 e. The lowest BCUT2D eigenvalue weighted by Crippen LogP contribution is -1.95. The summed E-state index contributed by atoms with van der Waals surface area (Å²) in [4.78, 5) is 4.26. The average Bonchev–Trinajstić information content (AvgIpc) is 2.90. The summed E-state index contributed by atoms with van der Waals surface area (Å²) < 4.78 is 15.8. The molecule has 0 saturated heterocycles. The SMILES string of the molecule is COc1cc(-c2nccs2)cc(OC)c1OC. The highest BCUT2D eigenvalue weighted by Gasteiger charge is 2.14. The first-order valence-corrected chi connectivity index (χ1v) is 5.88. The molecule has 2 aromatic rings. The Balaban J connectivity index is 2.56. The van der Waals surface area contributed by atoms with Crippen LogP contribution in [0.15, 0.2) is 23.7 Å². The number of ether oxygens (including phenoxy) is 3. The molecular weight excluding hydrogens is 238 g/mol. The molecule has 1 heterocycles. The highest BCUT2D eigenvalue weighted by atomic mass is 32.1. The summed E-state index contributed by atoms with van der Waals surface area (Å²) in [5.74, 6) is 1.87. The summed E-state index contributed by atoms with van der Waals surface area (Å²) >= 11 is 1.56. The molecule has 0 radical (unpaired) electrons. The molecule has 0 aliphatic rings. The number of rotatable bonds is 4. The molecule has 0 bridgehead atoms. The number of nitrogens with zero attached hydrogens (tertiary/aromatic N) is 1. The third-order valence-corrected chi connectivity index (χ3v) is 3.17. The summed E-state index contributed by atoms with van der Waals surface area (Å²) in [6, 6.07) is 3.78. The van der Waals surface area contributed by atoms with Crippen LogP contribution in [0.4, 0.5) is 0 Å². The Morgan fingerprint density at radius 3 is 2.06 bits per heavy atom. The highest BCUT2D eigenvalue weighted by Crippen LogP contribution is 2.41. The van der Waals surface area contributed by atoms with Crippen molar-refractivity contribution in [1.82, 2.24) is 4.98 Å². The third kappa shape index (κ3) is 2.19. The minimum absolute atomic E-state index is 0.593. The first kappa shape index (κ1) is 11.7. The van der Waals surface area contributed by atoms with E-state index in [0.717, 1.165) is 10.6 Å². The van der Waals surface area contributed by atoms with Crippen LogP contribution < -0.4 is 14.2 Å². The Kier molecular flexibility index (Phi) is 3.49. The number of hydrogen-bond donors (Lipinski definition) is 0. The van der Waals surface area contributed by atoms with Crippen LogP contribution in [-0.4, -0.2) is 26.3 Å². The summed E-state index contributed by atoms with van der Waals surface area (Å²) in [6.07, 6.45) is 1.77. The second-order valence-electron chi connectivity index (χ2n) is 3.25. The van der Waals surface area contributed by atoms with Crippen molar-refractivity contribution >= 4 is 11.3 Å². The molecule has 17 heavy (non-hydrogen) atoms. The molecule has 0 unspecified atom stereocenters. The maximum absolute atomic E-state index is 5.29. The van der Waals surface area contributed by atoms with Crippen molar-refractivity contribution in [3.8, 4) is 27.8 Å². The number of thiazole rings is 1. The molecule has 0 spiro atoms. The van der Waals surface area contributed by atoms with E-state index in [9.17, 15) is 0 Å². The van der Waals surface area contributed by atoms with Crippen molar-refractivity contribution in [3.05, 3.63) is 23.7 Å². The van der Waals surface area contributed by atoms with Gasteiger partial charge in [0.2, 0.25) is 5.75 Å². The van der Waals surface area contributed by atoms with E-state index >= 15 is 0 Å². The minimum atomic E-state index is 0.593. The maximum Gasteiger partial charge on any atom is 0.203 e. The molecule has 0 fully saturated rings. The molecule has 0 saturated carbocycles. The summed E-state index contributed by atoms with van der Waals surface area (Å²) in [7, 11) is 4.79. The van der Waals surface area contributed by atoms with E-state index in [-0.39, 0.29) is 0 Å². The van der Waals surface area contributed by atoms with Gasteiger partial charge in [0.1, 0.15) is 5.01 Å². The van der Waals surface area contributed by atoms with Gasteiger partial charge in [0.05, 0.1) is 21.3 Å². The van der Waals surface area contributed by atoms with Gasteiger partial charge >= 0.3 is 0 Å². The van der Waals surface area contributed by atoms with Crippen LogP contribution >= 0.6 is 11.3 Å². The van der Waals surface area contributed by atoms with Gasteiger partial charge in [-0.3, -0.25) is 0 Å². The van der Waals surface area contributed by atoms with Crippen molar-refractivity contribution < 1.29 is 14.2 Å². The van der Waals surface area contributed by atoms with E-state index in [2.05, 4.69) is 4.98 Å². The van der Waals surface area contributed by atoms with Crippen LogP contribution in [-0.2, 0) is 0 Å². The van der Waals surface area contributed by atoms with Crippen molar-refractivity contribution in [2.45, 2.75) is 0 Å². The normalized spacial score (nSPS) is 10.1. The van der Waals surface area contributed by atoms with Gasteiger partial charge in [0.25, 0.3) is 0 Å². The second kappa shape index (κ2) is 5.05. The lowest BCUT2D eigenvalue weighted by Gasteiger charge is -2.13. The standard InChI is InChI=1S/C12H13NO3S/c1-14-9-6-8(12-13-4-5-17-12)7-10(15-2)11(9)16-3/h4-7H,1-3H3. The van der Waals surface area contributed by atoms with E-state index in [1.54, 1.807) is 38.9 Å². The zero-order chi connectivity index (χ0) is 12.3. The molecule has 0 N–H and O–H groups in total. The molecule has 90 valence electrons. The highest BCUT2D eigenvalue weighted by molar-refractivity contribution is 7.13. The predicted octanol–water partition coefficient (Wildman–Crippen LogP) is 2.84. The van der Waals surface area contributed by atoms with Crippen LogP contribution in [0, 0.1) is 0 Å². The zero-order valence-electron chi connectivity index (χ0n) is 9.89. The van der Waals surface area contributed by atoms with E-state index in [4.69, 9.17) is 14.2 Å². The predicted molar refractivity (Wildman–Crippen MR) is 67.2 cm³/mol. The Morgan fingerprint density at radius 1 is 1.00 bits per heavy atom. The first-order valence-electron chi connectivity index (χ1n) is 5.00. The van der Waals surface area contributed by atoms with E-state index < -0.39 is 0 Å². The van der Waals surface area contributed by atoms with Crippen molar-refractivity contribution in [2.24, 2.45) is 0 Å². The van der Waals surface area contributed by atoms with Gasteiger partial charge in [-0.1, -0.05) is 0 Å². The lowest BCUT2D eigenvalue weighted by molar-refractivity contribution is 0.324. The van der Waals surface area contributed by atoms with Gasteiger partial charge in [0.15, 0.2) is 11.5 Å². The van der Waals surface area contributed by atoms with Crippen molar-refractivity contribution in [3.63, 3.8) is 0 Å². The van der Waals surface area contributed by atoms with Crippen molar-refractivity contribution in [2.75, 3.05) is 21.3 Å². The molecule has 0 amide bonds. The van der Waals surface area contributed by atoms with Crippen LogP contribution in [0.3, 0.4) is 0 Å². The number of aromatic nitrogens is 1. The Hall–Kier alpha value is -1.75. The topological polar surface area (TPSA) is 40.6 Å². The quantitative estimate of drug-likeness (QED) is 0.837. The Bertz CT molecular complexity index is 471. The molecule has 5 heteroatoms.